The molecule has 0 radical (unpaired) electrons. The molecule has 1 aromatic rings. The van der Waals surface area contributed by atoms with Crippen LogP contribution in [0.3, 0.4) is 0 Å². The molecule has 3 nitrogen and oxygen atoms in total. The van der Waals surface area contributed by atoms with Crippen molar-refractivity contribution < 1.29 is 27.5 Å². The number of benzene rings is 1. The first-order valence-corrected chi connectivity index (χ1v) is 5.58. The van der Waals surface area contributed by atoms with E-state index in [0.717, 1.165) is 18.2 Å². The van der Waals surface area contributed by atoms with E-state index in [0.29, 0.717) is 0 Å². The van der Waals surface area contributed by atoms with Crippen LogP contribution in [0.2, 0.25) is 0 Å². The average Bonchev–Trinajstić information content (AvgIpc) is 2.26. The SMILES string of the molecule is CC(=O)C1(C)Cc2cc(C(F)(F)F)ccc2C(=O)O1. The van der Waals surface area contributed by atoms with Gasteiger partial charge in [0, 0.05) is 6.42 Å². The molecule has 2 rings (SSSR count). The summed E-state index contributed by atoms with van der Waals surface area (Å²) in [6.07, 6.45) is -4.53. The number of Topliss-reactive ketones (excluding diaryl/α,β-unsaturated/α-hetero) is 1. The molecular formula is C13H11F3O3. The van der Waals surface area contributed by atoms with Crippen LogP contribution in [0.4, 0.5) is 13.2 Å². The number of carbonyl (C=O) groups is 2. The van der Waals surface area contributed by atoms with Crippen molar-refractivity contribution >= 4 is 11.8 Å². The maximum Gasteiger partial charge on any atom is 0.416 e. The van der Waals surface area contributed by atoms with E-state index in [9.17, 15) is 22.8 Å². The Morgan fingerprint density at radius 2 is 2.00 bits per heavy atom. The molecule has 0 aliphatic carbocycles. The van der Waals surface area contributed by atoms with Gasteiger partial charge in [0.15, 0.2) is 11.4 Å². The highest BCUT2D eigenvalue weighted by Crippen LogP contribution is 2.34. The second kappa shape index (κ2) is 4.08. The van der Waals surface area contributed by atoms with Gasteiger partial charge in [0.1, 0.15) is 0 Å². The molecule has 0 spiro atoms. The summed E-state index contributed by atoms with van der Waals surface area (Å²) >= 11 is 0. The lowest BCUT2D eigenvalue weighted by Gasteiger charge is -2.32. The predicted molar refractivity (Wildman–Crippen MR) is 59.6 cm³/mol. The maximum atomic E-state index is 12.6. The standard InChI is InChI=1S/C13H11F3O3/c1-7(17)12(2)6-8-5-9(13(14,15)16)3-4-10(8)11(18)19-12/h3-5H,6H2,1-2H3. The molecule has 0 N–H and O–H groups in total. The van der Waals surface area contributed by atoms with Gasteiger partial charge in [0.25, 0.3) is 0 Å². The van der Waals surface area contributed by atoms with Crippen molar-refractivity contribution in [1.82, 2.24) is 0 Å². The number of carbonyl (C=O) groups excluding carboxylic acids is 2. The van der Waals surface area contributed by atoms with E-state index in [-0.39, 0.29) is 17.5 Å². The van der Waals surface area contributed by atoms with Gasteiger partial charge in [0.05, 0.1) is 11.1 Å². The fraction of sp³-hybridized carbons (Fsp3) is 0.385. The van der Waals surface area contributed by atoms with Crippen LogP contribution in [0.25, 0.3) is 0 Å². The molecule has 6 heteroatoms. The molecule has 0 amide bonds. The molecule has 0 fully saturated rings. The normalized spacial score (nSPS) is 22.7. The molecule has 0 aromatic heterocycles. The Labute approximate surface area is 107 Å². The quantitative estimate of drug-likeness (QED) is 0.738. The number of rotatable bonds is 1. The predicted octanol–water partition coefficient (Wildman–Crippen LogP) is 2.77. The summed E-state index contributed by atoms with van der Waals surface area (Å²) in [7, 11) is 0. The molecule has 1 unspecified atom stereocenters. The zero-order valence-electron chi connectivity index (χ0n) is 10.3. The number of hydrogen-bond acceptors (Lipinski definition) is 3. The second-order valence-corrected chi connectivity index (χ2v) is 4.72. The Bertz CT molecular complexity index is 563. The number of alkyl halides is 3. The van der Waals surface area contributed by atoms with Crippen molar-refractivity contribution in [3.8, 4) is 0 Å². The van der Waals surface area contributed by atoms with Crippen LogP contribution < -0.4 is 0 Å². The van der Waals surface area contributed by atoms with E-state index in [1.165, 1.54) is 13.8 Å². The molecule has 1 aromatic carbocycles. The zero-order valence-corrected chi connectivity index (χ0v) is 10.3. The van der Waals surface area contributed by atoms with Crippen LogP contribution in [0.1, 0.15) is 35.3 Å². The van der Waals surface area contributed by atoms with Gasteiger partial charge in [-0.3, -0.25) is 4.79 Å². The fourth-order valence-electron chi connectivity index (χ4n) is 1.97. The van der Waals surface area contributed by atoms with Crippen molar-refractivity contribution in [2.75, 3.05) is 0 Å². The lowest BCUT2D eigenvalue weighted by atomic mass is 9.86. The second-order valence-electron chi connectivity index (χ2n) is 4.72. The number of esters is 1. The topological polar surface area (TPSA) is 43.4 Å². The van der Waals surface area contributed by atoms with Crippen LogP contribution in [0, 0.1) is 0 Å². The minimum atomic E-state index is -4.48. The summed E-state index contributed by atoms with van der Waals surface area (Å²) in [5, 5.41) is 0. The van der Waals surface area contributed by atoms with E-state index in [1.54, 1.807) is 0 Å². The van der Waals surface area contributed by atoms with E-state index in [4.69, 9.17) is 4.74 Å². The highest BCUT2D eigenvalue weighted by molar-refractivity contribution is 5.97. The van der Waals surface area contributed by atoms with Gasteiger partial charge in [-0.2, -0.15) is 13.2 Å². The summed E-state index contributed by atoms with van der Waals surface area (Å²) in [6, 6.07) is 2.81. The molecule has 1 atom stereocenters. The highest BCUT2D eigenvalue weighted by Gasteiger charge is 2.41. The van der Waals surface area contributed by atoms with Crippen LogP contribution in [0.15, 0.2) is 18.2 Å². The van der Waals surface area contributed by atoms with Crippen molar-refractivity contribution in [3.63, 3.8) is 0 Å². The van der Waals surface area contributed by atoms with Crippen molar-refractivity contribution in [1.29, 1.82) is 0 Å². The Morgan fingerprint density at radius 3 is 2.53 bits per heavy atom. The minimum absolute atomic E-state index is 0.0483. The molecule has 1 aliphatic heterocycles. The monoisotopic (exact) mass is 272 g/mol. The lowest BCUT2D eigenvalue weighted by Crippen LogP contribution is -2.44. The summed E-state index contributed by atoms with van der Waals surface area (Å²) in [5.74, 6) is -1.17. The number of halogens is 3. The minimum Gasteiger partial charge on any atom is -0.447 e. The van der Waals surface area contributed by atoms with Crippen molar-refractivity contribution in [2.24, 2.45) is 0 Å². The third-order valence-corrected chi connectivity index (χ3v) is 3.24. The Balaban J connectivity index is 2.50. The van der Waals surface area contributed by atoms with Gasteiger partial charge in [-0.25, -0.2) is 4.79 Å². The molecular weight excluding hydrogens is 261 g/mol. The van der Waals surface area contributed by atoms with Gasteiger partial charge < -0.3 is 4.74 Å². The van der Waals surface area contributed by atoms with Crippen molar-refractivity contribution in [3.05, 3.63) is 34.9 Å². The van der Waals surface area contributed by atoms with Crippen LogP contribution in [-0.2, 0) is 22.1 Å². The molecule has 0 bridgehead atoms. The first-order chi connectivity index (χ1) is 8.63. The Hall–Kier alpha value is -1.85. The first kappa shape index (κ1) is 13.6. The lowest BCUT2D eigenvalue weighted by molar-refractivity contribution is -0.137. The van der Waals surface area contributed by atoms with E-state index < -0.39 is 29.1 Å². The van der Waals surface area contributed by atoms with Gasteiger partial charge in [-0.05, 0) is 37.6 Å². The number of ether oxygens (including phenoxy) is 1. The summed E-state index contributed by atoms with van der Waals surface area (Å²) < 4.78 is 42.9. The number of ketones is 1. The van der Waals surface area contributed by atoms with E-state index >= 15 is 0 Å². The van der Waals surface area contributed by atoms with Crippen LogP contribution in [-0.4, -0.2) is 17.4 Å². The van der Waals surface area contributed by atoms with Crippen LogP contribution in [0.5, 0.6) is 0 Å². The summed E-state index contributed by atoms with van der Waals surface area (Å²) in [6.45, 7) is 2.64. The average molecular weight is 272 g/mol. The molecule has 0 saturated carbocycles. The largest absolute Gasteiger partial charge is 0.447 e. The van der Waals surface area contributed by atoms with Gasteiger partial charge in [-0.15, -0.1) is 0 Å². The van der Waals surface area contributed by atoms with E-state index in [1.807, 2.05) is 0 Å². The first-order valence-electron chi connectivity index (χ1n) is 5.58. The molecule has 1 aliphatic rings. The number of fused-ring (bicyclic) bond motifs is 1. The Kier molecular flexibility index (Phi) is 2.91. The smallest absolute Gasteiger partial charge is 0.416 e. The van der Waals surface area contributed by atoms with Gasteiger partial charge >= 0.3 is 12.1 Å². The zero-order chi connectivity index (χ0) is 14.4. The number of hydrogen-bond donors (Lipinski definition) is 0. The maximum absolute atomic E-state index is 12.6. The van der Waals surface area contributed by atoms with E-state index in [2.05, 4.69) is 0 Å². The molecule has 102 valence electrons. The third kappa shape index (κ3) is 2.34. The molecule has 1 heterocycles. The fourth-order valence-corrected chi connectivity index (χ4v) is 1.97. The van der Waals surface area contributed by atoms with Crippen molar-refractivity contribution in [2.45, 2.75) is 32.0 Å². The van der Waals surface area contributed by atoms with Crippen LogP contribution >= 0.6 is 0 Å². The summed E-state index contributed by atoms with van der Waals surface area (Å²) in [5.41, 5.74) is -1.98. The Morgan fingerprint density at radius 1 is 1.37 bits per heavy atom. The third-order valence-electron chi connectivity index (χ3n) is 3.24. The van der Waals surface area contributed by atoms with Gasteiger partial charge in [-0.1, -0.05) is 0 Å². The highest BCUT2D eigenvalue weighted by atomic mass is 19.4. The molecule has 0 saturated heterocycles. The van der Waals surface area contributed by atoms with Gasteiger partial charge in [0.2, 0.25) is 0 Å². The molecule has 19 heavy (non-hydrogen) atoms. The summed E-state index contributed by atoms with van der Waals surface area (Å²) in [4.78, 5) is 23.2. The number of cyclic esters (lactones) is 1.